The Kier molecular flexibility index (Phi) is 4.75. The first-order valence-electron chi connectivity index (χ1n) is 10.1. The second-order valence-corrected chi connectivity index (χ2v) is 7.45. The van der Waals surface area contributed by atoms with Crippen LogP contribution in [0.4, 0.5) is 11.6 Å². The molecule has 0 spiro atoms. The summed E-state index contributed by atoms with van der Waals surface area (Å²) in [6.45, 7) is 0. The molecule has 6 heteroatoms. The lowest BCUT2D eigenvalue weighted by atomic mass is 10.0. The van der Waals surface area contributed by atoms with E-state index < -0.39 is 5.97 Å². The van der Waals surface area contributed by atoms with E-state index in [1.807, 2.05) is 54.6 Å². The van der Waals surface area contributed by atoms with Crippen LogP contribution in [0.3, 0.4) is 0 Å². The quantitative estimate of drug-likeness (QED) is 0.387. The van der Waals surface area contributed by atoms with Crippen molar-refractivity contribution in [1.29, 1.82) is 0 Å². The van der Waals surface area contributed by atoms with Crippen LogP contribution < -0.4 is 10.9 Å². The zero-order valence-electron chi connectivity index (χ0n) is 17.6. The minimum absolute atomic E-state index is 0.157. The molecule has 0 bridgehead atoms. The van der Waals surface area contributed by atoms with E-state index in [1.165, 1.54) is 7.11 Å². The zero-order valence-corrected chi connectivity index (χ0v) is 17.6. The third kappa shape index (κ3) is 3.13. The summed E-state index contributed by atoms with van der Waals surface area (Å²) >= 11 is 0. The van der Waals surface area contributed by atoms with Crippen LogP contribution in [0.5, 0.6) is 0 Å². The molecule has 2 heterocycles. The molecule has 0 amide bonds. The molecule has 6 nitrogen and oxygen atoms in total. The Bertz CT molecular complexity index is 1510. The third-order valence-electron chi connectivity index (χ3n) is 5.56. The molecule has 3 aromatic carbocycles. The number of carbonyl (C=O) groups excluding carboxylic acids is 1. The number of carbonyl (C=O) groups is 1. The van der Waals surface area contributed by atoms with E-state index in [0.717, 1.165) is 22.2 Å². The summed E-state index contributed by atoms with van der Waals surface area (Å²) in [5.74, 6) is 0.0450. The highest BCUT2D eigenvalue weighted by Gasteiger charge is 2.23. The number of pyridine rings is 1. The molecule has 158 valence electrons. The van der Waals surface area contributed by atoms with Gasteiger partial charge in [0.05, 0.1) is 29.1 Å². The van der Waals surface area contributed by atoms with Gasteiger partial charge in [-0.3, -0.25) is 4.79 Å². The Morgan fingerprint density at radius 3 is 2.34 bits per heavy atom. The van der Waals surface area contributed by atoms with Crippen LogP contribution in [0.25, 0.3) is 33.0 Å². The summed E-state index contributed by atoms with van der Waals surface area (Å²) in [6, 6.07) is 24.2. The Labute approximate surface area is 183 Å². The van der Waals surface area contributed by atoms with Crippen molar-refractivity contribution in [2.75, 3.05) is 12.4 Å². The number of rotatable bonds is 4. The number of aromatic nitrogens is 1. The standard InChI is InChI=1S/C26H20N2O4/c1-28-20-11-7-6-10-19(20)23-22(25(28)29)21(16-12-14-17(15-13-16)26(30)31-2)24(32-23)27-18-8-4-3-5-9-18/h3-15,27H,1-2H3. The fraction of sp³-hybridized carbons (Fsp3) is 0.0769. The third-order valence-corrected chi connectivity index (χ3v) is 5.56. The average Bonchev–Trinajstić information content (AvgIpc) is 3.22. The van der Waals surface area contributed by atoms with E-state index in [0.29, 0.717) is 28.0 Å². The molecule has 5 rings (SSSR count). The molecule has 0 aliphatic rings. The molecule has 1 N–H and O–H groups in total. The summed E-state index contributed by atoms with van der Waals surface area (Å²) in [5, 5.41) is 4.64. The van der Waals surface area contributed by atoms with Crippen LogP contribution in [0, 0.1) is 0 Å². The number of esters is 1. The number of furan rings is 1. The lowest BCUT2D eigenvalue weighted by molar-refractivity contribution is 0.0601. The highest BCUT2D eigenvalue weighted by molar-refractivity contribution is 6.11. The molecular weight excluding hydrogens is 404 g/mol. The van der Waals surface area contributed by atoms with Crippen LogP contribution in [0.15, 0.2) is 88.1 Å². The van der Waals surface area contributed by atoms with Gasteiger partial charge in [-0.05, 0) is 42.0 Å². The Morgan fingerprint density at radius 2 is 1.62 bits per heavy atom. The number of hydrogen-bond acceptors (Lipinski definition) is 5. The molecule has 0 saturated carbocycles. The van der Waals surface area contributed by atoms with Crippen molar-refractivity contribution in [2.45, 2.75) is 0 Å². The maximum Gasteiger partial charge on any atom is 0.337 e. The normalized spacial score (nSPS) is 11.1. The van der Waals surface area contributed by atoms with E-state index in [1.54, 1.807) is 35.9 Å². The Morgan fingerprint density at radius 1 is 0.938 bits per heavy atom. The summed E-state index contributed by atoms with van der Waals surface area (Å²) in [6.07, 6.45) is 0. The Balaban J connectivity index is 1.81. The van der Waals surface area contributed by atoms with Gasteiger partial charge in [0.2, 0.25) is 5.88 Å². The molecular formula is C26H20N2O4. The molecule has 32 heavy (non-hydrogen) atoms. The number of benzene rings is 3. The summed E-state index contributed by atoms with van der Waals surface area (Å²) in [7, 11) is 3.10. The second kappa shape index (κ2) is 7.74. The maximum atomic E-state index is 13.4. The Hall–Kier alpha value is -4.32. The van der Waals surface area contributed by atoms with E-state index in [4.69, 9.17) is 9.15 Å². The molecule has 0 radical (unpaired) electrons. The second-order valence-electron chi connectivity index (χ2n) is 7.45. The first-order valence-corrected chi connectivity index (χ1v) is 10.1. The van der Waals surface area contributed by atoms with Crippen LogP contribution in [0.2, 0.25) is 0 Å². The molecule has 0 fully saturated rings. The highest BCUT2D eigenvalue weighted by atomic mass is 16.5. The highest BCUT2D eigenvalue weighted by Crippen LogP contribution is 2.40. The first-order chi connectivity index (χ1) is 15.6. The molecule has 0 atom stereocenters. The molecule has 0 aliphatic heterocycles. The van der Waals surface area contributed by atoms with Gasteiger partial charge in [-0.25, -0.2) is 4.79 Å². The van der Waals surface area contributed by atoms with E-state index >= 15 is 0 Å². The van der Waals surface area contributed by atoms with Gasteiger partial charge in [0.25, 0.3) is 5.56 Å². The van der Waals surface area contributed by atoms with Crippen molar-refractivity contribution in [2.24, 2.45) is 7.05 Å². The van der Waals surface area contributed by atoms with Crippen LogP contribution in [-0.2, 0) is 11.8 Å². The number of hydrogen-bond donors (Lipinski definition) is 1. The largest absolute Gasteiger partial charge is 0.465 e. The SMILES string of the molecule is COC(=O)c1ccc(-c2c(Nc3ccccc3)oc3c2c(=O)n(C)c2ccccc32)cc1. The number of para-hydroxylation sites is 2. The first kappa shape index (κ1) is 19.6. The van der Waals surface area contributed by atoms with Crippen molar-refractivity contribution in [3.05, 3.63) is 94.8 Å². The number of nitrogens with zero attached hydrogens (tertiary/aromatic N) is 1. The van der Waals surface area contributed by atoms with Crippen molar-refractivity contribution in [3.63, 3.8) is 0 Å². The molecule has 0 aliphatic carbocycles. The predicted octanol–water partition coefficient (Wildman–Crippen LogP) is 5.48. The maximum absolute atomic E-state index is 13.4. The number of methoxy groups -OCH3 is 1. The number of nitrogens with one attached hydrogen (secondary N) is 1. The fourth-order valence-electron chi connectivity index (χ4n) is 3.97. The predicted molar refractivity (Wildman–Crippen MR) is 125 cm³/mol. The van der Waals surface area contributed by atoms with E-state index in [-0.39, 0.29) is 5.56 Å². The van der Waals surface area contributed by atoms with Crippen molar-refractivity contribution in [3.8, 4) is 11.1 Å². The van der Waals surface area contributed by atoms with Gasteiger partial charge in [0.15, 0.2) is 5.58 Å². The van der Waals surface area contributed by atoms with Gasteiger partial charge in [0.1, 0.15) is 0 Å². The minimum Gasteiger partial charge on any atom is -0.465 e. The van der Waals surface area contributed by atoms with E-state index in [9.17, 15) is 9.59 Å². The van der Waals surface area contributed by atoms with E-state index in [2.05, 4.69) is 5.32 Å². The van der Waals surface area contributed by atoms with Crippen LogP contribution in [-0.4, -0.2) is 17.6 Å². The molecule has 0 saturated heterocycles. The van der Waals surface area contributed by atoms with Crippen molar-refractivity contribution >= 4 is 39.4 Å². The summed E-state index contributed by atoms with van der Waals surface area (Å²) in [5.41, 5.74) is 3.82. The van der Waals surface area contributed by atoms with Gasteiger partial charge in [-0.15, -0.1) is 0 Å². The average molecular weight is 424 g/mol. The van der Waals surface area contributed by atoms with Gasteiger partial charge in [0, 0.05) is 18.1 Å². The smallest absolute Gasteiger partial charge is 0.337 e. The summed E-state index contributed by atoms with van der Waals surface area (Å²) in [4.78, 5) is 25.3. The molecule has 0 unspecified atom stereocenters. The van der Waals surface area contributed by atoms with Gasteiger partial charge < -0.3 is 19.0 Å². The summed E-state index contributed by atoms with van der Waals surface area (Å²) < 4.78 is 12.7. The van der Waals surface area contributed by atoms with Crippen LogP contribution >= 0.6 is 0 Å². The lowest BCUT2D eigenvalue weighted by Crippen LogP contribution is -2.17. The van der Waals surface area contributed by atoms with Crippen molar-refractivity contribution in [1.82, 2.24) is 4.57 Å². The fourth-order valence-corrected chi connectivity index (χ4v) is 3.97. The monoisotopic (exact) mass is 424 g/mol. The number of anilines is 2. The topological polar surface area (TPSA) is 73.5 Å². The minimum atomic E-state index is -0.418. The number of aryl methyl sites for hydroxylation is 1. The van der Waals surface area contributed by atoms with Gasteiger partial charge >= 0.3 is 5.97 Å². The van der Waals surface area contributed by atoms with Gasteiger partial charge in [-0.1, -0.05) is 42.5 Å². The molecule has 2 aromatic heterocycles. The van der Waals surface area contributed by atoms with Crippen LogP contribution in [0.1, 0.15) is 10.4 Å². The van der Waals surface area contributed by atoms with Crippen molar-refractivity contribution < 1.29 is 13.9 Å². The zero-order chi connectivity index (χ0) is 22.2. The number of ether oxygens (including phenoxy) is 1. The van der Waals surface area contributed by atoms with Gasteiger partial charge in [-0.2, -0.15) is 0 Å². The lowest BCUT2D eigenvalue weighted by Gasteiger charge is -2.08. The number of fused-ring (bicyclic) bond motifs is 3. The molecule has 5 aromatic rings.